The molecule has 0 bridgehead atoms. The van der Waals surface area contributed by atoms with E-state index in [1.165, 1.54) is 10.6 Å². The molecule has 1 heterocycles. The Morgan fingerprint density at radius 2 is 2.00 bits per heavy atom. The summed E-state index contributed by atoms with van der Waals surface area (Å²) >= 11 is 5.94. The lowest BCUT2D eigenvalue weighted by atomic mass is 10.3. The Bertz CT molecular complexity index is 664. The molecule has 0 aliphatic rings. The Morgan fingerprint density at radius 3 is 2.74 bits per heavy atom. The monoisotopic (exact) mass is 276 g/mol. The van der Waals surface area contributed by atoms with Gasteiger partial charge in [0.2, 0.25) is 5.91 Å². The highest BCUT2D eigenvalue weighted by atomic mass is 35.5. The van der Waals surface area contributed by atoms with Crippen molar-refractivity contribution in [3.63, 3.8) is 0 Å². The van der Waals surface area contributed by atoms with Crippen LogP contribution >= 0.6 is 11.6 Å². The van der Waals surface area contributed by atoms with Crippen LogP contribution in [-0.4, -0.2) is 10.5 Å². The number of carbonyl (C=O) groups excluding carboxylic acids is 1. The zero-order valence-corrected chi connectivity index (χ0v) is 11.1. The van der Waals surface area contributed by atoms with E-state index < -0.39 is 0 Å². The summed E-state index contributed by atoms with van der Waals surface area (Å²) in [4.78, 5) is 23.5. The number of para-hydroxylation sites is 1. The average Bonchev–Trinajstić information content (AvgIpc) is 2.37. The van der Waals surface area contributed by atoms with Crippen LogP contribution in [0, 0.1) is 6.92 Å². The number of aryl methyl sites for hydroxylation is 1. The number of carbonyl (C=O) groups is 1. The molecule has 0 aliphatic carbocycles. The molecule has 0 unspecified atom stereocenters. The van der Waals surface area contributed by atoms with Crippen LogP contribution in [0.4, 0.5) is 5.69 Å². The maximum atomic E-state index is 11.9. The van der Waals surface area contributed by atoms with Gasteiger partial charge in [0.05, 0.1) is 10.7 Å². The van der Waals surface area contributed by atoms with Gasteiger partial charge in [-0.25, -0.2) is 0 Å². The molecule has 1 N–H and O–H groups in total. The van der Waals surface area contributed by atoms with E-state index in [1.54, 1.807) is 36.5 Å². The number of nitrogens with zero attached hydrogens (tertiary/aromatic N) is 1. The van der Waals surface area contributed by atoms with Crippen LogP contribution in [0.5, 0.6) is 0 Å². The summed E-state index contributed by atoms with van der Waals surface area (Å²) in [6, 6.07) is 10.1. The first-order valence-electron chi connectivity index (χ1n) is 5.78. The van der Waals surface area contributed by atoms with Crippen LogP contribution in [0.1, 0.15) is 5.56 Å². The first kappa shape index (κ1) is 13.4. The number of nitrogens with one attached hydrogen (secondary N) is 1. The van der Waals surface area contributed by atoms with Gasteiger partial charge in [0.1, 0.15) is 6.54 Å². The predicted molar refractivity (Wildman–Crippen MR) is 75.5 cm³/mol. The number of rotatable bonds is 3. The molecular formula is C14H13ClN2O2. The van der Waals surface area contributed by atoms with Gasteiger partial charge < -0.3 is 9.88 Å². The van der Waals surface area contributed by atoms with E-state index in [4.69, 9.17) is 11.6 Å². The van der Waals surface area contributed by atoms with Gasteiger partial charge in [0.15, 0.2) is 0 Å². The normalized spacial score (nSPS) is 10.2. The fourth-order valence-electron chi connectivity index (χ4n) is 1.68. The quantitative estimate of drug-likeness (QED) is 0.936. The Kier molecular flexibility index (Phi) is 4.02. The Hall–Kier alpha value is -2.07. The highest BCUT2D eigenvalue weighted by molar-refractivity contribution is 6.33. The lowest BCUT2D eigenvalue weighted by Gasteiger charge is -2.09. The standard InChI is InChI=1S/C14H13ClN2O2/c1-10-6-7-14(19)17(8-10)9-13(18)16-12-5-3-2-4-11(12)15/h2-8H,9H2,1H3,(H,16,18). The lowest BCUT2D eigenvalue weighted by molar-refractivity contribution is -0.116. The number of hydrogen-bond acceptors (Lipinski definition) is 2. The summed E-state index contributed by atoms with van der Waals surface area (Å²) < 4.78 is 1.36. The molecule has 0 radical (unpaired) electrons. The molecule has 1 aromatic heterocycles. The average molecular weight is 277 g/mol. The number of pyridine rings is 1. The smallest absolute Gasteiger partial charge is 0.251 e. The van der Waals surface area contributed by atoms with Crippen LogP contribution < -0.4 is 10.9 Å². The molecule has 98 valence electrons. The minimum absolute atomic E-state index is 0.0360. The minimum Gasteiger partial charge on any atom is -0.323 e. The summed E-state index contributed by atoms with van der Waals surface area (Å²) in [6.45, 7) is 1.83. The van der Waals surface area contributed by atoms with E-state index in [1.807, 2.05) is 6.92 Å². The first-order chi connectivity index (χ1) is 9.06. The van der Waals surface area contributed by atoms with Gasteiger partial charge in [0.25, 0.3) is 5.56 Å². The molecule has 0 saturated carbocycles. The molecule has 2 aromatic rings. The third-order valence-electron chi connectivity index (χ3n) is 2.59. The molecular weight excluding hydrogens is 264 g/mol. The zero-order valence-electron chi connectivity index (χ0n) is 10.4. The highest BCUT2D eigenvalue weighted by Gasteiger charge is 2.07. The van der Waals surface area contributed by atoms with Crippen LogP contribution in [0.15, 0.2) is 47.4 Å². The van der Waals surface area contributed by atoms with Gasteiger partial charge in [-0.05, 0) is 24.6 Å². The molecule has 1 amide bonds. The summed E-state index contributed by atoms with van der Waals surface area (Å²) in [5.41, 5.74) is 1.25. The van der Waals surface area contributed by atoms with E-state index in [0.717, 1.165) is 5.56 Å². The van der Waals surface area contributed by atoms with Crippen molar-refractivity contribution < 1.29 is 4.79 Å². The second kappa shape index (κ2) is 5.71. The van der Waals surface area contributed by atoms with E-state index >= 15 is 0 Å². The van der Waals surface area contributed by atoms with Crippen molar-refractivity contribution in [2.75, 3.05) is 5.32 Å². The molecule has 0 spiro atoms. The summed E-state index contributed by atoms with van der Waals surface area (Å²) in [7, 11) is 0. The lowest BCUT2D eigenvalue weighted by Crippen LogP contribution is -2.27. The minimum atomic E-state index is -0.291. The number of anilines is 1. The van der Waals surface area contributed by atoms with Crippen molar-refractivity contribution in [2.24, 2.45) is 0 Å². The summed E-state index contributed by atoms with van der Waals surface area (Å²) in [5, 5.41) is 3.14. The second-order valence-corrected chi connectivity index (χ2v) is 4.61. The van der Waals surface area contributed by atoms with E-state index in [9.17, 15) is 9.59 Å². The van der Waals surface area contributed by atoms with Crippen molar-refractivity contribution in [2.45, 2.75) is 13.5 Å². The topological polar surface area (TPSA) is 51.1 Å². The number of aromatic nitrogens is 1. The highest BCUT2D eigenvalue weighted by Crippen LogP contribution is 2.20. The fourth-order valence-corrected chi connectivity index (χ4v) is 1.86. The number of benzene rings is 1. The van der Waals surface area contributed by atoms with Gasteiger partial charge in [-0.1, -0.05) is 29.8 Å². The fraction of sp³-hybridized carbons (Fsp3) is 0.143. The van der Waals surface area contributed by atoms with Gasteiger partial charge >= 0.3 is 0 Å². The van der Waals surface area contributed by atoms with E-state index in [-0.39, 0.29) is 18.0 Å². The van der Waals surface area contributed by atoms with E-state index in [2.05, 4.69) is 5.32 Å². The van der Waals surface area contributed by atoms with Gasteiger partial charge in [0, 0.05) is 12.3 Å². The second-order valence-electron chi connectivity index (χ2n) is 4.20. The largest absolute Gasteiger partial charge is 0.323 e. The van der Waals surface area contributed by atoms with Crippen molar-refractivity contribution in [1.29, 1.82) is 0 Å². The maximum absolute atomic E-state index is 11.9. The molecule has 0 atom stereocenters. The third kappa shape index (κ3) is 3.45. The molecule has 19 heavy (non-hydrogen) atoms. The molecule has 2 rings (SSSR count). The van der Waals surface area contributed by atoms with E-state index in [0.29, 0.717) is 10.7 Å². The molecule has 1 aromatic carbocycles. The molecule has 4 nitrogen and oxygen atoms in total. The summed E-state index contributed by atoms with van der Waals surface area (Å²) in [6.07, 6.45) is 1.65. The number of hydrogen-bond donors (Lipinski definition) is 1. The Morgan fingerprint density at radius 1 is 1.26 bits per heavy atom. The zero-order chi connectivity index (χ0) is 13.8. The van der Waals surface area contributed by atoms with Crippen LogP contribution in [0.2, 0.25) is 5.02 Å². The van der Waals surface area contributed by atoms with Crippen molar-refractivity contribution >= 4 is 23.2 Å². The first-order valence-corrected chi connectivity index (χ1v) is 6.15. The molecule has 0 aliphatic heterocycles. The van der Waals surface area contributed by atoms with Crippen LogP contribution in [0.3, 0.4) is 0 Å². The van der Waals surface area contributed by atoms with Crippen molar-refractivity contribution in [3.8, 4) is 0 Å². The number of halogens is 1. The predicted octanol–water partition coefficient (Wildman–Crippen LogP) is 2.45. The number of amides is 1. The third-order valence-corrected chi connectivity index (χ3v) is 2.92. The SMILES string of the molecule is Cc1ccc(=O)n(CC(=O)Nc2ccccc2Cl)c1. The molecule has 0 fully saturated rings. The van der Waals surface area contributed by atoms with Gasteiger partial charge in [-0.3, -0.25) is 9.59 Å². The molecule has 5 heteroatoms. The maximum Gasteiger partial charge on any atom is 0.251 e. The van der Waals surface area contributed by atoms with Gasteiger partial charge in [-0.15, -0.1) is 0 Å². The van der Waals surface area contributed by atoms with Crippen molar-refractivity contribution in [1.82, 2.24) is 4.57 Å². The Labute approximate surface area is 115 Å². The summed E-state index contributed by atoms with van der Waals surface area (Å²) in [5.74, 6) is -0.291. The van der Waals surface area contributed by atoms with Crippen molar-refractivity contribution in [3.05, 3.63) is 63.5 Å². The molecule has 0 saturated heterocycles. The van der Waals surface area contributed by atoms with Gasteiger partial charge in [-0.2, -0.15) is 0 Å². The van der Waals surface area contributed by atoms with Crippen LogP contribution in [-0.2, 0) is 11.3 Å². The Balaban J connectivity index is 2.12. The van der Waals surface area contributed by atoms with Crippen LogP contribution in [0.25, 0.3) is 0 Å².